The van der Waals surface area contributed by atoms with Crippen molar-refractivity contribution in [2.45, 2.75) is 18.9 Å². The molecule has 0 bridgehead atoms. The van der Waals surface area contributed by atoms with Crippen LogP contribution >= 0.6 is 0 Å². The van der Waals surface area contributed by atoms with E-state index in [0.29, 0.717) is 6.42 Å². The summed E-state index contributed by atoms with van der Waals surface area (Å²) in [5.41, 5.74) is 4.87. The van der Waals surface area contributed by atoms with Gasteiger partial charge in [0.15, 0.2) is 9.84 Å². The molecule has 3 amide bonds. The van der Waals surface area contributed by atoms with Crippen LogP contribution in [0, 0.1) is 5.92 Å². The van der Waals surface area contributed by atoms with E-state index in [0.717, 1.165) is 0 Å². The number of carboxylic acids is 1. The van der Waals surface area contributed by atoms with Crippen molar-refractivity contribution in [3.63, 3.8) is 0 Å². The smallest absolute Gasteiger partial charge is 0.326 e. The fourth-order valence-electron chi connectivity index (χ4n) is 1.88. The predicted octanol–water partition coefficient (Wildman–Crippen LogP) is -1.95. The fourth-order valence-corrected chi connectivity index (χ4v) is 3.74. The number of rotatable bonds is 6. The van der Waals surface area contributed by atoms with E-state index < -0.39 is 40.2 Å². The molecule has 1 saturated heterocycles. The molecule has 114 valence electrons. The molecule has 1 rings (SSSR count). The van der Waals surface area contributed by atoms with Gasteiger partial charge in [0, 0.05) is 6.54 Å². The molecule has 1 unspecified atom stereocenters. The van der Waals surface area contributed by atoms with Crippen molar-refractivity contribution >= 4 is 27.7 Å². The van der Waals surface area contributed by atoms with E-state index in [9.17, 15) is 22.8 Å². The molecular formula is C10H17N3O6S. The third-order valence-corrected chi connectivity index (χ3v) is 4.72. The van der Waals surface area contributed by atoms with Crippen LogP contribution in [0.3, 0.4) is 0 Å². The van der Waals surface area contributed by atoms with Gasteiger partial charge in [-0.15, -0.1) is 0 Å². The molecule has 20 heavy (non-hydrogen) atoms. The zero-order valence-corrected chi connectivity index (χ0v) is 11.5. The van der Waals surface area contributed by atoms with Crippen molar-refractivity contribution in [3.8, 4) is 0 Å². The van der Waals surface area contributed by atoms with Crippen LogP contribution in [0.25, 0.3) is 0 Å². The maximum Gasteiger partial charge on any atom is 0.326 e. The molecule has 0 aromatic heterocycles. The molecule has 0 aromatic carbocycles. The maximum atomic E-state index is 11.5. The second-order valence-corrected chi connectivity index (χ2v) is 6.91. The van der Waals surface area contributed by atoms with Crippen LogP contribution < -0.4 is 16.4 Å². The lowest BCUT2D eigenvalue weighted by Gasteiger charge is -2.15. The van der Waals surface area contributed by atoms with E-state index in [4.69, 9.17) is 10.8 Å². The van der Waals surface area contributed by atoms with Gasteiger partial charge in [0.2, 0.25) is 5.91 Å². The summed E-state index contributed by atoms with van der Waals surface area (Å²) in [7, 11) is -3.02. The summed E-state index contributed by atoms with van der Waals surface area (Å²) in [5.74, 6) is -2.29. The molecule has 1 aliphatic rings. The first-order valence-electron chi connectivity index (χ1n) is 5.95. The van der Waals surface area contributed by atoms with Crippen LogP contribution in [0.4, 0.5) is 4.79 Å². The van der Waals surface area contributed by atoms with E-state index in [1.807, 2.05) is 0 Å². The largest absolute Gasteiger partial charge is 0.480 e. The standard InChI is InChI=1S/C10H17N3O6S/c11-8(14)3-7(9(15)16)13-10(17)12-4-6-1-2-20(18,19)5-6/h6-7H,1-5H2,(H2,11,14)(H,15,16)(H2,12,13,17)/t6?,7-/m1/s1. The Morgan fingerprint density at radius 2 is 2.00 bits per heavy atom. The number of amides is 3. The Kier molecular flexibility index (Phi) is 5.31. The maximum absolute atomic E-state index is 11.5. The fraction of sp³-hybridized carbons (Fsp3) is 0.700. The molecule has 9 nitrogen and oxygen atoms in total. The number of hydrogen-bond donors (Lipinski definition) is 4. The average molecular weight is 307 g/mol. The molecule has 0 aliphatic carbocycles. The third-order valence-electron chi connectivity index (χ3n) is 2.89. The number of carbonyl (C=O) groups excluding carboxylic acids is 2. The minimum Gasteiger partial charge on any atom is -0.480 e. The van der Waals surface area contributed by atoms with Crippen LogP contribution in [0.15, 0.2) is 0 Å². The minimum atomic E-state index is -3.02. The topological polar surface area (TPSA) is 156 Å². The van der Waals surface area contributed by atoms with Gasteiger partial charge in [0.05, 0.1) is 17.9 Å². The third kappa shape index (κ3) is 5.43. The number of urea groups is 1. The van der Waals surface area contributed by atoms with Crippen molar-refractivity contribution < 1.29 is 27.9 Å². The highest BCUT2D eigenvalue weighted by molar-refractivity contribution is 7.91. The van der Waals surface area contributed by atoms with Gasteiger partial charge in [-0.05, 0) is 12.3 Å². The summed E-state index contributed by atoms with van der Waals surface area (Å²) in [4.78, 5) is 32.9. The second kappa shape index (κ2) is 6.55. The van der Waals surface area contributed by atoms with E-state index >= 15 is 0 Å². The van der Waals surface area contributed by atoms with Crippen LogP contribution in [-0.4, -0.2) is 55.5 Å². The molecule has 5 N–H and O–H groups in total. The Morgan fingerprint density at radius 3 is 2.45 bits per heavy atom. The van der Waals surface area contributed by atoms with Gasteiger partial charge in [-0.3, -0.25) is 4.79 Å². The summed E-state index contributed by atoms with van der Waals surface area (Å²) < 4.78 is 22.4. The van der Waals surface area contributed by atoms with Crippen LogP contribution in [0.5, 0.6) is 0 Å². The summed E-state index contributed by atoms with van der Waals surface area (Å²) in [6.45, 7) is 0.133. The Balaban J connectivity index is 2.39. The molecule has 0 spiro atoms. The van der Waals surface area contributed by atoms with Gasteiger partial charge in [-0.25, -0.2) is 18.0 Å². The lowest BCUT2D eigenvalue weighted by molar-refractivity contribution is -0.140. The number of sulfone groups is 1. The van der Waals surface area contributed by atoms with Gasteiger partial charge in [-0.1, -0.05) is 0 Å². The van der Waals surface area contributed by atoms with E-state index in [2.05, 4.69) is 10.6 Å². The molecule has 0 saturated carbocycles. The average Bonchev–Trinajstić information content (AvgIpc) is 2.65. The van der Waals surface area contributed by atoms with Gasteiger partial charge >= 0.3 is 12.0 Å². The zero-order valence-electron chi connectivity index (χ0n) is 10.7. The van der Waals surface area contributed by atoms with Crippen molar-refractivity contribution in [2.24, 2.45) is 11.7 Å². The van der Waals surface area contributed by atoms with Crippen molar-refractivity contribution in [3.05, 3.63) is 0 Å². The number of carbonyl (C=O) groups is 3. The first kappa shape index (κ1) is 16.2. The van der Waals surface area contributed by atoms with E-state index in [1.54, 1.807) is 0 Å². The summed E-state index contributed by atoms with van der Waals surface area (Å²) in [5, 5.41) is 13.3. The monoisotopic (exact) mass is 307 g/mol. The van der Waals surface area contributed by atoms with Gasteiger partial charge in [0.25, 0.3) is 0 Å². The quantitative estimate of drug-likeness (QED) is 0.447. The highest BCUT2D eigenvalue weighted by Gasteiger charge is 2.28. The number of primary amides is 1. The van der Waals surface area contributed by atoms with Crippen molar-refractivity contribution in [1.29, 1.82) is 0 Å². The lowest BCUT2D eigenvalue weighted by atomic mass is 10.1. The zero-order chi connectivity index (χ0) is 15.3. The Labute approximate surface area is 115 Å². The van der Waals surface area contributed by atoms with E-state index in [-0.39, 0.29) is 24.0 Å². The Bertz CT molecular complexity index is 503. The van der Waals surface area contributed by atoms with Crippen LogP contribution in [0.1, 0.15) is 12.8 Å². The number of aliphatic carboxylic acids is 1. The molecule has 10 heteroatoms. The molecule has 0 aromatic rings. The van der Waals surface area contributed by atoms with Gasteiger partial charge in [-0.2, -0.15) is 0 Å². The Morgan fingerprint density at radius 1 is 1.35 bits per heavy atom. The number of carboxylic acid groups (broad SMARTS) is 1. The summed E-state index contributed by atoms with van der Waals surface area (Å²) >= 11 is 0. The highest BCUT2D eigenvalue weighted by Crippen LogP contribution is 2.17. The van der Waals surface area contributed by atoms with Crippen LogP contribution in [0.2, 0.25) is 0 Å². The number of nitrogens with two attached hydrogens (primary N) is 1. The van der Waals surface area contributed by atoms with Gasteiger partial charge in [0.1, 0.15) is 6.04 Å². The van der Waals surface area contributed by atoms with Crippen molar-refractivity contribution in [2.75, 3.05) is 18.1 Å². The first-order valence-corrected chi connectivity index (χ1v) is 7.77. The van der Waals surface area contributed by atoms with E-state index in [1.165, 1.54) is 0 Å². The lowest BCUT2D eigenvalue weighted by Crippen LogP contribution is -2.48. The molecule has 1 aliphatic heterocycles. The van der Waals surface area contributed by atoms with Crippen LogP contribution in [-0.2, 0) is 19.4 Å². The highest BCUT2D eigenvalue weighted by atomic mass is 32.2. The molecule has 0 radical (unpaired) electrons. The second-order valence-electron chi connectivity index (χ2n) is 4.68. The normalized spacial score (nSPS) is 21.9. The molecular weight excluding hydrogens is 290 g/mol. The molecule has 2 atom stereocenters. The molecule has 1 heterocycles. The predicted molar refractivity (Wildman–Crippen MR) is 68.5 cm³/mol. The first-order chi connectivity index (χ1) is 9.19. The summed E-state index contributed by atoms with van der Waals surface area (Å²) in [6, 6.07) is -2.18. The number of hydrogen-bond acceptors (Lipinski definition) is 5. The van der Waals surface area contributed by atoms with Crippen molar-refractivity contribution in [1.82, 2.24) is 10.6 Å². The summed E-state index contributed by atoms with van der Waals surface area (Å²) in [6.07, 6.45) is -0.0488. The van der Waals surface area contributed by atoms with Gasteiger partial charge < -0.3 is 21.5 Å². The number of nitrogens with one attached hydrogen (secondary N) is 2. The SMILES string of the molecule is NC(=O)C[C@@H](NC(=O)NCC1CCS(=O)(=O)C1)C(=O)O. The Hall–Kier alpha value is -1.84. The molecule has 1 fully saturated rings. The minimum absolute atomic E-state index is 0.0108.